The zero-order valence-electron chi connectivity index (χ0n) is 13.4. The van der Waals surface area contributed by atoms with E-state index in [-0.39, 0.29) is 5.91 Å². The van der Waals surface area contributed by atoms with Gasteiger partial charge in [-0.15, -0.1) is 21.5 Å². The Kier molecular flexibility index (Phi) is 5.62. The number of carbonyl (C=O) groups is 1. The van der Waals surface area contributed by atoms with E-state index in [1.165, 1.54) is 30.2 Å². The van der Waals surface area contributed by atoms with Gasteiger partial charge in [0.05, 0.1) is 22.3 Å². The summed E-state index contributed by atoms with van der Waals surface area (Å²) in [5.41, 5.74) is 0.591. The number of thioether (sulfide) groups is 1. The van der Waals surface area contributed by atoms with Gasteiger partial charge in [0.25, 0.3) is 11.1 Å². The summed E-state index contributed by atoms with van der Waals surface area (Å²) in [4.78, 5) is 13.2. The van der Waals surface area contributed by atoms with Gasteiger partial charge in [-0.05, 0) is 36.6 Å². The maximum Gasteiger partial charge on any atom is 0.277 e. The predicted octanol–water partition coefficient (Wildman–Crippen LogP) is 4.58. The Bertz CT molecular complexity index is 867. The quantitative estimate of drug-likeness (QED) is 0.615. The van der Waals surface area contributed by atoms with E-state index < -0.39 is 5.25 Å². The lowest BCUT2D eigenvalue weighted by Crippen LogP contribution is -2.22. The van der Waals surface area contributed by atoms with Crippen molar-refractivity contribution in [1.29, 1.82) is 0 Å². The molecule has 130 valence electrons. The first kappa shape index (κ1) is 17.8. The van der Waals surface area contributed by atoms with E-state index in [4.69, 9.17) is 20.8 Å². The van der Waals surface area contributed by atoms with Gasteiger partial charge >= 0.3 is 0 Å². The SMILES string of the molecule is COc1ccc(NC(=O)[C@H](C)Sc2nnc(-c3cccs3)o2)cc1Cl. The van der Waals surface area contributed by atoms with Crippen molar-refractivity contribution in [2.24, 2.45) is 0 Å². The standard InChI is InChI=1S/C16H14ClN3O3S2/c1-9(14(21)18-10-5-6-12(22-2)11(17)8-10)25-16-20-19-15(23-16)13-4-3-7-24-13/h3-9H,1-2H3,(H,18,21)/t9-/m0/s1. The Morgan fingerprint density at radius 1 is 1.40 bits per heavy atom. The molecule has 1 N–H and O–H groups in total. The average Bonchev–Trinajstić information content (AvgIpc) is 3.26. The molecule has 0 unspecified atom stereocenters. The molecule has 0 spiro atoms. The number of carbonyl (C=O) groups excluding carboxylic acids is 1. The number of nitrogens with zero attached hydrogens (tertiary/aromatic N) is 2. The van der Waals surface area contributed by atoms with E-state index in [9.17, 15) is 4.79 Å². The minimum Gasteiger partial charge on any atom is -0.495 e. The molecule has 6 nitrogen and oxygen atoms in total. The van der Waals surface area contributed by atoms with Crippen LogP contribution in [-0.2, 0) is 4.79 Å². The summed E-state index contributed by atoms with van der Waals surface area (Å²) < 4.78 is 10.7. The first-order chi connectivity index (χ1) is 12.1. The van der Waals surface area contributed by atoms with Crippen molar-refractivity contribution in [3.63, 3.8) is 0 Å². The number of amides is 1. The molecule has 3 rings (SSSR count). The molecule has 0 aliphatic heterocycles. The fraction of sp³-hybridized carbons (Fsp3) is 0.188. The normalized spacial score (nSPS) is 12.0. The molecule has 0 saturated carbocycles. The summed E-state index contributed by atoms with van der Waals surface area (Å²) in [7, 11) is 1.53. The number of thiophene rings is 1. The Morgan fingerprint density at radius 2 is 2.24 bits per heavy atom. The number of anilines is 1. The van der Waals surface area contributed by atoms with Crippen LogP contribution in [0.3, 0.4) is 0 Å². The van der Waals surface area contributed by atoms with Gasteiger partial charge in [0.1, 0.15) is 5.75 Å². The van der Waals surface area contributed by atoms with E-state index in [1.54, 1.807) is 25.1 Å². The smallest absolute Gasteiger partial charge is 0.277 e. The Hall–Kier alpha value is -2.03. The molecule has 3 aromatic rings. The summed E-state index contributed by atoms with van der Waals surface area (Å²) in [6.45, 7) is 1.76. The predicted molar refractivity (Wildman–Crippen MR) is 99.6 cm³/mol. The van der Waals surface area contributed by atoms with Crippen LogP contribution in [0.15, 0.2) is 45.4 Å². The maximum atomic E-state index is 12.3. The van der Waals surface area contributed by atoms with Crippen molar-refractivity contribution in [2.45, 2.75) is 17.4 Å². The van der Waals surface area contributed by atoms with Crippen LogP contribution in [0.4, 0.5) is 5.69 Å². The molecule has 0 bridgehead atoms. The third kappa shape index (κ3) is 4.33. The van der Waals surface area contributed by atoms with Gasteiger partial charge in [-0.2, -0.15) is 0 Å². The van der Waals surface area contributed by atoms with Crippen molar-refractivity contribution >= 4 is 46.3 Å². The van der Waals surface area contributed by atoms with Crippen molar-refractivity contribution in [3.05, 3.63) is 40.7 Å². The highest BCUT2D eigenvalue weighted by atomic mass is 35.5. The molecule has 0 radical (unpaired) electrons. The molecule has 1 atom stereocenters. The van der Waals surface area contributed by atoms with Crippen molar-refractivity contribution in [3.8, 4) is 16.5 Å². The molecular formula is C16H14ClN3O3S2. The lowest BCUT2D eigenvalue weighted by Gasteiger charge is -2.11. The van der Waals surface area contributed by atoms with E-state index in [0.717, 1.165) is 4.88 Å². The van der Waals surface area contributed by atoms with Crippen LogP contribution in [0.25, 0.3) is 10.8 Å². The number of benzene rings is 1. The first-order valence-electron chi connectivity index (χ1n) is 7.25. The molecule has 2 heterocycles. The molecule has 1 amide bonds. The Morgan fingerprint density at radius 3 is 2.92 bits per heavy atom. The largest absolute Gasteiger partial charge is 0.495 e. The van der Waals surface area contributed by atoms with Gasteiger partial charge in [0.15, 0.2) is 0 Å². The van der Waals surface area contributed by atoms with Gasteiger partial charge in [-0.25, -0.2) is 0 Å². The Labute approximate surface area is 157 Å². The van der Waals surface area contributed by atoms with Crippen LogP contribution in [0.1, 0.15) is 6.92 Å². The third-order valence-corrected chi connectivity index (χ3v) is 5.29. The highest BCUT2D eigenvalue weighted by Gasteiger charge is 2.19. The number of methoxy groups -OCH3 is 1. The summed E-state index contributed by atoms with van der Waals surface area (Å²) in [6.07, 6.45) is 0. The molecule has 0 aliphatic carbocycles. The van der Waals surface area contributed by atoms with Crippen LogP contribution in [0, 0.1) is 0 Å². The van der Waals surface area contributed by atoms with Crippen LogP contribution in [-0.4, -0.2) is 28.5 Å². The van der Waals surface area contributed by atoms with Crippen LogP contribution < -0.4 is 10.1 Å². The third-order valence-electron chi connectivity index (χ3n) is 3.20. The molecule has 1 aromatic carbocycles. The fourth-order valence-electron chi connectivity index (χ4n) is 1.95. The Balaban J connectivity index is 1.62. The number of ether oxygens (including phenoxy) is 1. The van der Waals surface area contributed by atoms with Crippen molar-refractivity contribution in [2.75, 3.05) is 12.4 Å². The van der Waals surface area contributed by atoms with E-state index in [2.05, 4.69) is 15.5 Å². The average molecular weight is 396 g/mol. The maximum absolute atomic E-state index is 12.3. The van der Waals surface area contributed by atoms with E-state index in [1.807, 2.05) is 17.5 Å². The van der Waals surface area contributed by atoms with Gasteiger partial charge in [-0.1, -0.05) is 29.4 Å². The second-order valence-electron chi connectivity index (χ2n) is 4.95. The lowest BCUT2D eigenvalue weighted by molar-refractivity contribution is -0.115. The second-order valence-corrected chi connectivity index (χ2v) is 7.60. The molecule has 2 aromatic heterocycles. The van der Waals surface area contributed by atoms with Gasteiger partial charge < -0.3 is 14.5 Å². The monoisotopic (exact) mass is 395 g/mol. The summed E-state index contributed by atoms with van der Waals surface area (Å²) in [5, 5.41) is 13.1. The number of rotatable bonds is 6. The molecule has 0 aliphatic rings. The van der Waals surface area contributed by atoms with Crippen molar-refractivity contribution in [1.82, 2.24) is 10.2 Å². The number of aromatic nitrogens is 2. The summed E-state index contributed by atoms with van der Waals surface area (Å²) in [6, 6.07) is 8.86. The number of hydrogen-bond donors (Lipinski definition) is 1. The molecule has 0 saturated heterocycles. The van der Waals surface area contributed by atoms with Gasteiger partial charge in [0.2, 0.25) is 5.91 Å². The lowest BCUT2D eigenvalue weighted by atomic mass is 10.3. The number of nitrogens with one attached hydrogen (secondary N) is 1. The fourth-order valence-corrected chi connectivity index (χ4v) is 3.54. The first-order valence-corrected chi connectivity index (χ1v) is 9.39. The van der Waals surface area contributed by atoms with Crippen LogP contribution in [0.5, 0.6) is 5.75 Å². The van der Waals surface area contributed by atoms with Crippen LogP contribution in [0.2, 0.25) is 5.02 Å². The highest BCUT2D eigenvalue weighted by molar-refractivity contribution is 8.00. The molecule has 25 heavy (non-hydrogen) atoms. The zero-order valence-corrected chi connectivity index (χ0v) is 15.7. The van der Waals surface area contributed by atoms with E-state index >= 15 is 0 Å². The number of hydrogen-bond acceptors (Lipinski definition) is 7. The molecule has 0 fully saturated rings. The van der Waals surface area contributed by atoms with E-state index in [0.29, 0.717) is 27.6 Å². The van der Waals surface area contributed by atoms with Crippen molar-refractivity contribution < 1.29 is 13.9 Å². The highest BCUT2D eigenvalue weighted by Crippen LogP contribution is 2.30. The topological polar surface area (TPSA) is 77.2 Å². The summed E-state index contributed by atoms with van der Waals surface area (Å²) in [5.74, 6) is 0.809. The molecular weight excluding hydrogens is 382 g/mol. The minimum absolute atomic E-state index is 0.192. The zero-order chi connectivity index (χ0) is 17.8. The number of halogens is 1. The van der Waals surface area contributed by atoms with Gasteiger partial charge in [-0.3, -0.25) is 4.79 Å². The minimum atomic E-state index is -0.419. The summed E-state index contributed by atoms with van der Waals surface area (Å²) >= 11 is 8.77. The van der Waals surface area contributed by atoms with Crippen LogP contribution >= 0.6 is 34.7 Å². The molecule has 9 heteroatoms. The second kappa shape index (κ2) is 7.90. The van der Waals surface area contributed by atoms with Gasteiger partial charge in [0, 0.05) is 5.69 Å².